The number of nitrogens with zero attached hydrogens (tertiary/aromatic N) is 4. The molecule has 0 aliphatic heterocycles. The average molecular weight is 587 g/mol. The number of thiazole rings is 2. The summed E-state index contributed by atoms with van der Waals surface area (Å²) in [6, 6.07) is 22.0. The summed E-state index contributed by atoms with van der Waals surface area (Å²) in [6.45, 7) is 0. The Labute approximate surface area is 239 Å². The fourth-order valence-electron chi connectivity index (χ4n) is 4.20. The monoisotopic (exact) mass is 586 g/mol. The number of amides is 2. The third kappa shape index (κ3) is 5.37. The van der Waals surface area contributed by atoms with Gasteiger partial charge in [0.15, 0.2) is 9.60 Å². The maximum Gasteiger partial charge on any atom is 0.279 e. The van der Waals surface area contributed by atoms with Crippen molar-refractivity contribution in [2.75, 3.05) is 0 Å². The van der Waals surface area contributed by atoms with Gasteiger partial charge in [0.05, 0.1) is 20.4 Å². The van der Waals surface area contributed by atoms with Crippen LogP contribution in [0.15, 0.2) is 94.9 Å². The summed E-state index contributed by atoms with van der Waals surface area (Å²) in [7, 11) is 3.55. The third-order valence-electron chi connectivity index (χ3n) is 6.38. The lowest BCUT2D eigenvalue weighted by molar-refractivity contribution is 0.0989. The molecule has 0 N–H and O–H groups in total. The maximum absolute atomic E-state index is 13.6. The minimum atomic E-state index is -0.428. The van der Waals surface area contributed by atoms with E-state index in [0.29, 0.717) is 41.6 Å². The molecule has 0 radical (unpaired) electrons. The normalized spacial score (nSPS) is 12.4. The minimum absolute atomic E-state index is 0.343. The molecule has 0 atom stereocenters. The molecule has 7 nitrogen and oxygen atoms in total. The van der Waals surface area contributed by atoms with E-state index in [9.17, 15) is 18.4 Å². The van der Waals surface area contributed by atoms with Crippen LogP contribution in [0.1, 0.15) is 20.7 Å². The number of hydrogen-bond donors (Lipinski definition) is 0. The van der Waals surface area contributed by atoms with Crippen molar-refractivity contribution in [3.05, 3.63) is 117 Å². The van der Waals surface area contributed by atoms with E-state index in [2.05, 4.69) is 9.98 Å². The Morgan fingerprint density at radius 3 is 1.41 bits per heavy atom. The maximum atomic E-state index is 13.6. The first kappa shape index (κ1) is 26.5. The first-order valence-corrected chi connectivity index (χ1v) is 13.9. The van der Waals surface area contributed by atoms with Crippen molar-refractivity contribution >= 4 is 54.9 Å². The van der Waals surface area contributed by atoms with Gasteiger partial charge in [-0.2, -0.15) is 9.98 Å². The second-order valence-corrected chi connectivity index (χ2v) is 11.1. The molecule has 0 spiro atoms. The van der Waals surface area contributed by atoms with E-state index in [0.717, 1.165) is 11.0 Å². The van der Waals surface area contributed by atoms with Crippen molar-refractivity contribution in [2.24, 2.45) is 24.1 Å². The zero-order valence-corrected chi connectivity index (χ0v) is 23.3. The van der Waals surface area contributed by atoms with Crippen molar-refractivity contribution in [1.82, 2.24) is 9.13 Å². The first-order chi connectivity index (χ1) is 19.7. The summed E-state index contributed by atoms with van der Waals surface area (Å²) >= 11 is 2.47. The van der Waals surface area contributed by atoms with Crippen LogP contribution >= 0.6 is 22.7 Å². The fraction of sp³-hybridized carbons (Fsp3) is 0.0667. The van der Waals surface area contributed by atoms with E-state index >= 15 is 0 Å². The van der Waals surface area contributed by atoms with Crippen LogP contribution in [-0.4, -0.2) is 20.9 Å². The van der Waals surface area contributed by atoms with Crippen LogP contribution in [0.4, 0.5) is 8.78 Å². The number of benzene rings is 4. The molecule has 2 aromatic heterocycles. The SMILES string of the molecule is Cn1c(=NC(=O)c2ccc(Oc3ccc(C(=O)N=c4sc5cc(F)ccc5n4C)cc3)cc2)sc2cc(F)ccc21. The topological polar surface area (TPSA) is 78.0 Å². The molecule has 0 unspecified atom stereocenters. The summed E-state index contributed by atoms with van der Waals surface area (Å²) in [5.41, 5.74) is 2.33. The lowest BCUT2D eigenvalue weighted by Gasteiger charge is -2.06. The average Bonchev–Trinajstić information content (AvgIpc) is 3.43. The standard InChI is InChI=1S/C30H20F2N4O3S2/c1-35-23-13-7-19(31)15-25(23)40-29(35)33-27(37)17-3-9-21(10-4-17)39-22-11-5-18(6-12-22)28(38)34-30-36(2)24-14-8-20(32)16-26(24)41-30/h3-16H,1-2H3. The van der Waals surface area contributed by atoms with Crippen LogP contribution in [0.25, 0.3) is 20.4 Å². The number of aromatic nitrogens is 2. The van der Waals surface area contributed by atoms with E-state index < -0.39 is 11.8 Å². The van der Waals surface area contributed by atoms with E-state index in [1.54, 1.807) is 83.9 Å². The molecule has 0 saturated heterocycles. The van der Waals surface area contributed by atoms with Gasteiger partial charge >= 0.3 is 0 Å². The zero-order valence-electron chi connectivity index (χ0n) is 21.7. The van der Waals surface area contributed by atoms with Gasteiger partial charge in [-0.3, -0.25) is 9.59 Å². The van der Waals surface area contributed by atoms with Crippen molar-refractivity contribution in [3.63, 3.8) is 0 Å². The first-order valence-electron chi connectivity index (χ1n) is 12.3. The van der Waals surface area contributed by atoms with Crippen molar-refractivity contribution in [1.29, 1.82) is 0 Å². The minimum Gasteiger partial charge on any atom is -0.457 e. The highest BCUT2D eigenvalue weighted by Gasteiger charge is 2.11. The van der Waals surface area contributed by atoms with Gasteiger partial charge in [-0.15, -0.1) is 0 Å². The predicted molar refractivity (Wildman–Crippen MR) is 154 cm³/mol. The molecule has 0 aliphatic rings. The number of carbonyl (C=O) groups is 2. The van der Waals surface area contributed by atoms with E-state index in [-0.39, 0.29) is 11.6 Å². The summed E-state index contributed by atoms with van der Waals surface area (Å²) < 4.78 is 37.9. The van der Waals surface area contributed by atoms with Crippen LogP contribution in [-0.2, 0) is 14.1 Å². The van der Waals surface area contributed by atoms with E-state index in [1.165, 1.54) is 46.9 Å². The highest BCUT2D eigenvalue weighted by atomic mass is 32.1. The van der Waals surface area contributed by atoms with E-state index in [1.807, 2.05) is 0 Å². The molecule has 6 rings (SSSR count). The summed E-state index contributed by atoms with van der Waals surface area (Å²) in [5.74, 6) is -0.546. The van der Waals surface area contributed by atoms with Gasteiger partial charge in [0.1, 0.15) is 23.1 Å². The Hall–Kier alpha value is -4.74. The van der Waals surface area contributed by atoms with Crippen LogP contribution in [0.5, 0.6) is 11.5 Å². The van der Waals surface area contributed by atoms with Gasteiger partial charge in [-0.1, -0.05) is 22.7 Å². The van der Waals surface area contributed by atoms with Gasteiger partial charge in [-0.25, -0.2) is 8.78 Å². The lowest BCUT2D eigenvalue weighted by Crippen LogP contribution is -2.13. The Kier molecular flexibility index (Phi) is 6.90. The summed E-state index contributed by atoms with van der Waals surface area (Å²) in [4.78, 5) is 34.9. The van der Waals surface area contributed by atoms with Crippen LogP contribution < -0.4 is 14.3 Å². The lowest BCUT2D eigenvalue weighted by atomic mass is 10.2. The molecule has 2 amide bonds. The zero-order chi connectivity index (χ0) is 28.7. The van der Waals surface area contributed by atoms with Crippen molar-refractivity contribution < 1.29 is 23.1 Å². The number of aryl methyl sites for hydroxylation is 2. The molecular formula is C30H20F2N4O3S2. The summed E-state index contributed by atoms with van der Waals surface area (Å²) in [6.07, 6.45) is 0. The van der Waals surface area contributed by atoms with E-state index in [4.69, 9.17) is 4.74 Å². The molecule has 11 heteroatoms. The Morgan fingerprint density at radius 2 is 1.02 bits per heavy atom. The molecule has 41 heavy (non-hydrogen) atoms. The highest BCUT2D eigenvalue weighted by molar-refractivity contribution is 7.16. The number of carbonyl (C=O) groups excluding carboxylic acids is 2. The number of hydrogen-bond acceptors (Lipinski definition) is 5. The Bertz CT molecular complexity index is 1950. The number of rotatable bonds is 4. The molecule has 0 saturated carbocycles. The van der Waals surface area contributed by atoms with Gasteiger partial charge < -0.3 is 13.9 Å². The van der Waals surface area contributed by atoms with Gasteiger partial charge in [-0.05, 0) is 84.9 Å². The molecule has 0 aliphatic carbocycles. The predicted octanol–water partition coefficient (Wildman–Crippen LogP) is 6.35. The second-order valence-electron chi connectivity index (χ2n) is 9.10. The second kappa shape index (κ2) is 10.7. The molecular weight excluding hydrogens is 566 g/mol. The molecule has 0 fully saturated rings. The van der Waals surface area contributed by atoms with Crippen molar-refractivity contribution in [3.8, 4) is 11.5 Å². The number of fused-ring (bicyclic) bond motifs is 2. The van der Waals surface area contributed by atoms with Crippen molar-refractivity contribution in [2.45, 2.75) is 0 Å². The van der Waals surface area contributed by atoms with Gasteiger partial charge in [0.25, 0.3) is 11.8 Å². The fourth-order valence-corrected chi connectivity index (χ4v) is 6.28. The molecule has 204 valence electrons. The number of halogens is 2. The smallest absolute Gasteiger partial charge is 0.279 e. The van der Waals surface area contributed by atoms with Crippen LogP contribution in [0.3, 0.4) is 0 Å². The quantitative estimate of drug-likeness (QED) is 0.242. The van der Waals surface area contributed by atoms with Crippen LogP contribution in [0, 0.1) is 11.6 Å². The Morgan fingerprint density at radius 1 is 0.634 bits per heavy atom. The Balaban J connectivity index is 1.15. The van der Waals surface area contributed by atoms with Gasteiger partial charge in [0.2, 0.25) is 0 Å². The summed E-state index contributed by atoms with van der Waals surface area (Å²) in [5, 5.41) is 0. The van der Waals surface area contributed by atoms with Crippen LogP contribution in [0.2, 0.25) is 0 Å². The largest absolute Gasteiger partial charge is 0.457 e. The molecule has 0 bridgehead atoms. The highest BCUT2D eigenvalue weighted by Crippen LogP contribution is 2.23. The van der Waals surface area contributed by atoms with Gasteiger partial charge in [0, 0.05) is 25.2 Å². The molecule has 2 heterocycles. The molecule has 4 aromatic carbocycles. The molecule has 6 aromatic rings. The third-order valence-corrected chi connectivity index (χ3v) is 8.56. The number of ether oxygens (including phenoxy) is 1.